The van der Waals surface area contributed by atoms with E-state index in [9.17, 15) is 9.90 Å². The van der Waals surface area contributed by atoms with Crippen LogP contribution in [0.25, 0.3) is 11.3 Å². The summed E-state index contributed by atoms with van der Waals surface area (Å²) in [5.74, 6) is -0.0696. The van der Waals surface area contributed by atoms with Crippen LogP contribution in [0.15, 0.2) is 48.7 Å². The van der Waals surface area contributed by atoms with Gasteiger partial charge >= 0.3 is 0 Å². The maximum atomic E-state index is 12.0. The zero-order valence-corrected chi connectivity index (χ0v) is 12.2. The summed E-state index contributed by atoms with van der Waals surface area (Å²) in [5, 5.41) is 15.4. The molecule has 1 aromatic heterocycles. The second-order valence-electron chi connectivity index (χ2n) is 5.48. The first-order valence-corrected chi connectivity index (χ1v) is 7.42. The summed E-state index contributed by atoms with van der Waals surface area (Å²) in [6, 6.07) is 13.5. The topological polar surface area (TPSA) is 74.2 Å². The van der Waals surface area contributed by atoms with Crippen molar-refractivity contribution in [2.75, 3.05) is 6.54 Å². The SMILES string of the molecule is O=C(NCc1cccc(-c2ccccn2)c1)[C@H]1C[C@@H](O)CN1. The van der Waals surface area contributed by atoms with Crippen molar-refractivity contribution in [3.8, 4) is 11.3 Å². The molecule has 5 nitrogen and oxygen atoms in total. The first-order chi connectivity index (χ1) is 10.7. The van der Waals surface area contributed by atoms with Crippen LogP contribution in [0.5, 0.6) is 0 Å². The fourth-order valence-electron chi connectivity index (χ4n) is 2.60. The number of nitrogens with one attached hydrogen (secondary N) is 2. The maximum absolute atomic E-state index is 12.0. The molecule has 5 heteroatoms. The monoisotopic (exact) mass is 297 g/mol. The predicted octanol–water partition coefficient (Wildman–Crippen LogP) is 1.09. The minimum atomic E-state index is -0.428. The Kier molecular flexibility index (Phi) is 4.46. The summed E-state index contributed by atoms with van der Waals surface area (Å²) in [6.45, 7) is 0.945. The molecule has 1 amide bonds. The molecular weight excluding hydrogens is 278 g/mol. The highest BCUT2D eigenvalue weighted by atomic mass is 16.3. The Morgan fingerprint density at radius 3 is 2.95 bits per heavy atom. The van der Waals surface area contributed by atoms with Gasteiger partial charge in [-0.3, -0.25) is 9.78 Å². The molecule has 0 bridgehead atoms. The number of hydrogen-bond acceptors (Lipinski definition) is 4. The van der Waals surface area contributed by atoms with Gasteiger partial charge in [0.05, 0.1) is 17.8 Å². The van der Waals surface area contributed by atoms with E-state index in [-0.39, 0.29) is 11.9 Å². The van der Waals surface area contributed by atoms with E-state index >= 15 is 0 Å². The van der Waals surface area contributed by atoms with Crippen LogP contribution in [0.2, 0.25) is 0 Å². The molecule has 1 aliphatic rings. The summed E-state index contributed by atoms with van der Waals surface area (Å²) in [7, 11) is 0. The number of pyridine rings is 1. The van der Waals surface area contributed by atoms with E-state index in [0.29, 0.717) is 19.5 Å². The molecule has 1 aliphatic heterocycles. The molecule has 3 N–H and O–H groups in total. The largest absolute Gasteiger partial charge is 0.392 e. The number of nitrogens with zero attached hydrogens (tertiary/aromatic N) is 1. The first-order valence-electron chi connectivity index (χ1n) is 7.42. The number of aromatic nitrogens is 1. The predicted molar refractivity (Wildman–Crippen MR) is 83.9 cm³/mol. The van der Waals surface area contributed by atoms with Crippen LogP contribution in [0, 0.1) is 0 Å². The molecule has 0 spiro atoms. The van der Waals surface area contributed by atoms with E-state index in [1.165, 1.54) is 0 Å². The van der Waals surface area contributed by atoms with Crippen molar-refractivity contribution in [3.05, 3.63) is 54.2 Å². The van der Waals surface area contributed by atoms with Crippen LogP contribution >= 0.6 is 0 Å². The van der Waals surface area contributed by atoms with E-state index in [1.807, 2.05) is 42.5 Å². The van der Waals surface area contributed by atoms with E-state index in [0.717, 1.165) is 16.8 Å². The molecule has 1 aromatic carbocycles. The molecule has 0 radical (unpaired) electrons. The lowest BCUT2D eigenvalue weighted by Crippen LogP contribution is -2.40. The smallest absolute Gasteiger partial charge is 0.237 e. The summed E-state index contributed by atoms with van der Waals surface area (Å²) in [5.41, 5.74) is 2.97. The fourth-order valence-corrected chi connectivity index (χ4v) is 2.60. The minimum Gasteiger partial charge on any atom is -0.392 e. The zero-order chi connectivity index (χ0) is 15.4. The number of aliphatic hydroxyl groups is 1. The van der Waals surface area contributed by atoms with Crippen LogP contribution in [0.4, 0.5) is 0 Å². The van der Waals surface area contributed by atoms with Gasteiger partial charge < -0.3 is 15.7 Å². The van der Waals surface area contributed by atoms with Crippen LogP contribution in [0.1, 0.15) is 12.0 Å². The molecule has 0 aliphatic carbocycles. The van der Waals surface area contributed by atoms with E-state index in [2.05, 4.69) is 15.6 Å². The van der Waals surface area contributed by atoms with Crippen molar-refractivity contribution >= 4 is 5.91 Å². The van der Waals surface area contributed by atoms with Gasteiger partial charge in [0.15, 0.2) is 0 Å². The van der Waals surface area contributed by atoms with Crippen LogP contribution in [-0.4, -0.2) is 34.7 Å². The number of benzene rings is 1. The number of β-amino-alcohol motifs (C(OH)–C–C–N with tert-alkyl or cyclic N) is 1. The van der Waals surface area contributed by atoms with Gasteiger partial charge in [0, 0.05) is 24.8 Å². The molecule has 1 fully saturated rings. The third-order valence-corrected chi connectivity index (χ3v) is 3.78. The quantitative estimate of drug-likeness (QED) is 0.790. The maximum Gasteiger partial charge on any atom is 0.237 e. The second kappa shape index (κ2) is 6.68. The van der Waals surface area contributed by atoms with Crippen molar-refractivity contribution < 1.29 is 9.90 Å². The van der Waals surface area contributed by atoms with Gasteiger partial charge in [0.25, 0.3) is 0 Å². The number of carbonyl (C=O) groups is 1. The van der Waals surface area contributed by atoms with Crippen LogP contribution < -0.4 is 10.6 Å². The number of aliphatic hydroxyl groups excluding tert-OH is 1. The van der Waals surface area contributed by atoms with Crippen LogP contribution in [0.3, 0.4) is 0 Å². The summed E-state index contributed by atoms with van der Waals surface area (Å²) in [6.07, 6.45) is 1.81. The Bertz CT molecular complexity index is 645. The summed E-state index contributed by atoms with van der Waals surface area (Å²) < 4.78 is 0. The van der Waals surface area contributed by atoms with Gasteiger partial charge in [-0.15, -0.1) is 0 Å². The minimum absolute atomic E-state index is 0.0696. The first kappa shape index (κ1) is 14.7. The number of rotatable bonds is 4. The average molecular weight is 297 g/mol. The Morgan fingerprint density at radius 1 is 1.32 bits per heavy atom. The van der Waals surface area contributed by atoms with Crippen molar-refractivity contribution in [1.29, 1.82) is 0 Å². The molecule has 0 unspecified atom stereocenters. The molecule has 2 heterocycles. The van der Waals surface area contributed by atoms with Gasteiger partial charge in [-0.05, 0) is 30.2 Å². The lowest BCUT2D eigenvalue weighted by Gasteiger charge is -2.11. The molecular formula is C17H19N3O2. The summed E-state index contributed by atoms with van der Waals surface area (Å²) >= 11 is 0. The normalized spacial score (nSPS) is 20.8. The zero-order valence-electron chi connectivity index (χ0n) is 12.2. The van der Waals surface area contributed by atoms with Gasteiger partial charge in [0.2, 0.25) is 5.91 Å². The standard InChI is InChI=1S/C17H19N3O2/c21-14-9-16(19-11-14)17(22)20-10-12-4-3-5-13(8-12)15-6-1-2-7-18-15/h1-8,14,16,19,21H,9-11H2,(H,20,22)/t14-,16-/m1/s1. The molecule has 1 saturated heterocycles. The Balaban J connectivity index is 1.62. The Labute approximate surface area is 129 Å². The molecule has 2 atom stereocenters. The highest BCUT2D eigenvalue weighted by molar-refractivity contribution is 5.82. The van der Waals surface area contributed by atoms with Gasteiger partial charge in [-0.25, -0.2) is 0 Å². The van der Waals surface area contributed by atoms with Crippen molar-refractivity contribution in [2.24, 2.45) is 0 Å². The lowest BCUT2D eigenvalue weighted by atomic mass is 10.1. The van der Waals surface area contributed by atoms with E-state index in [4.69, 9.17) is 0 Å². The summed E-state index contributed by atoms with van der Waals surface area (Å²) in [4.78, 5) is 16.4. The van der Waals surface area contributed by atoms with Gasteiger partial charge in [-0.2, -0.15) is 0 Å². The van der Waals surface area contributed by atoms with Crippen LogP contribution in [-0.2, 0) is 11.3 Å². The molecule has 0 saturated carbocycles. The average Bonchev–Trinajstić information content (AvgIpc) is 3.00. The lowest BCUT2D eigenvalue weighted by molar-refractivity contribution is -0.123. The van der Waals surface area contributed by atoms with Gasteiger partial charge in [-0.1, -0.05) is 24.3 Å². The molecule has 114 valence electrons. The number of carbonyl (C=O) groups excluding carboxylic acids is 1. The van der Waals surface area contributed by atoms with E-state index in [1.54, 1.807) is 6.20 Å². The third-order valence-electron chi connectivity index (χ3n) is 3.78. The van der Waals surface area contributed by atoms with Crippen molar-refractivity contribution in [2.45, 2.75) is 25.1 Å². The number of amides is 1. The fraction of sp³-hybridized carbons (Fsp3) is 0.294. The highest BCUT2D eigenvalue weighted by Gasteiger charge is 2.27. The molecule has 2 aromatic rings. The third kappa shape index (κ3) is 3.50. The molecule has 3 rings (SSSR count). The second-order valence-corrected chi connectivity index (χ2v) is 5.48. The van der Waals surface area contributed by atoms with Crippen molar-refractivity contribution in [3.63, 3.8) is 0 Å². The number of hydrogen-bond donors (Lipinski definition) is 3. The van der Waals surface area contributed by atoms with E-state index < -0.39 is 6.10 Å². The van der Waals surface area contributed by atoms with Gasteiger partial charge in [0.1, 0.15) is 0 Å². The highest BCUT2D eigenvalue weighted by Crippen LogP contribution is 2.17. The molecule has 22 heavy (non-hydrogen) atoms. The Hall–Kier alpha value is -2.24. The van der Waals surface area contributed by atoms with Crippen molar-refractivity contribution in [1.82, 2.24) is 15.6 Å². The Morgan fingerprint density at radius 2 is 2.23 bits per heavy atom.